The van der Waals surface area contributed by atoms with Gasteiger partial charge in [0, 0.05) is 43.8 Å². The number of nitrogens with zero attached hydrogens (tertiary/aromatic N) is 5. The molecule has 1 saturated heterocycles. The molecule has 0 spiro atoms. The fourth-order valence-electron chi connectivity index (χ4n) is 5.16. The van der Waals surface area contributed by atoms with Crippen molar-refractivity contribution in [2.24, 2.45) is 0 Å². The van der Waals surface area contributed by atoms with Crippen LogP contribution in [0, 0.1) is 0 Å². The third kappa shape index (κ3) is 3.91. The lowest BCUT2D eigenvalue weighted by Crippen LogP contribution is -2.43. The lowest BCUT2D eigenvalue weighted by molar-refractivity contribution is -0.130. The van der Waals surface area contributed by atoms with Crippen LogP contribution in [0.1, 0.15) is 61.4 Å². The molecule has 5 rings (SSSR count). The summed E-state index contributed by atoms with van der Waals surface area (Å²) in [6.45, 7) is -0.566. The number of carbonyl (C=O) groups is 1. The fraction of sp³-hybridized carbons (Fsp3) is 0.636. The molecular weight excluding hydrogens is 416 g/mol. The van der Waals surface area contributed by atoms with Crippen LogP contribution in [0.15, 0.2) is 6.07 Å². The van der Waals surface area contributed by atoms with E-state index in [9.17, 15) is 13.6 Å². The number of nitrogens with one attached hydrogen (secondary N) is 2. The fourth-order valence-corrected chi connectivity index (χ4v) is 5.16. The number of anilines is 3. The number of likely N-dealkylation sites (N-methyl/N-ethyl adjacent to an activating group) is 1. The quantitative estimate of drug-likeness (QED) is 0.733. The smallest absolute Gasteiger partial charge is 0.267 e. The van der Waals surface area contributed by atoms with E-state index in [2.05, 4.69) is 25.5 Å². The second kappa shape index (κ2) is 7.97. The first-order valence-electron chi connectivity index (χ1n) is 11.4. The number of hydrogen-bond acceptors (Lipinski definition) is 6. The van der Waals surface area contributed by atoms with Gasteiger partial charge in [-0.3, -0.25) is 9.89 Å². The zero-order valence-corrected chi connectivity index (χ0v) is 18.5. The number of amides is 1. The molecule has 2 aliphatic carbocycles. The van der Waals surface area contributed by atoms with Gasteiger partial charge in [0.2, 0.25) is 11.9 Å². The highest BCUT2D eigenvalue weighted by Crippen LogP contribution is 2.38. The number of rotatable bonds is 5. The Labute approximate surface area is 185 Å². The molecule has 32 heavy (non-hydrogen) atoms. The minimum Gasteiger partial charge on any atom is -0.347 e. The van der Waals surface area contributed by atoms with E-state index in [0.717, 1.165) is 36.2 Å². The highest BCUT2D eigenvalue weighted by Gasteiger charge is 2.49. The van der Waals surface area contributed by atoms with Crippen LogP contribution < -0.4 is 10.2 Å². The van der Waals surface area contributed by atoms with Gasteiger partial charge in [-0.25, -0.2) is 13.8 Å². The van der Waals surface area contributed by atoms with Gasteiger partial charge in [-0.15, -0.1) is 0 Å². The Morgan fingerprint density at radius 2 is 2.00 bits per heavy atom. The molecule has 8 nitrogen and oxygen atoms in total. The van der Waals surface area contributed by atoms with Crippen LogP contribution in [-0.4, -0.2) is 63.6 Å². The van der Waals surface area contributed by atoms with Gasteiger partial charge in [0.05, 0.1) is 12.2 Å². The summed E-state index contributed by atoms with van der Waals surface area (Å²) in [5.41, 5.74) is 2.97. The van der Waals surface area contributed by atoms with Crippen molar-refractivity contribution < 1.29 is 13.6 Å². The predicted molar refractivity (Wildman–Crippen MR) is 117 cm³/mol. The first-order chi connectivity index (χ1) is 15.3. The number of aromatic amines is 1. The molecular formula is C22H29F2N7O. The van der Waals surface area contributed by atoms with E-state index in [0.29, 0.717) is 17.6 Å². The zero-order valence-electron chi connectivity index (χ0n) is 18.5. The van der Waals surface area contributed by atoms with Gasteiger partial charge < -0.3 is 15.1 Å². The number of fused-ring (bicyclic) bond motifs is 1. The number of alkyl halides is 2. The molecule has 2 aromatic rings. The first-order valence-corrected chi connectivity index (χ1v) is 11.4. The Balaban J connectivity index is 1.46. The summed E-state index contributed by atoms with van der Waals surface area (Å²) in [6, 6.07) is 1.04. The van der Waals surface area contributed by atoms with Crippen molar-refractivity contribution in [3.8, 4) is 0 Å². The molecule has 0 bridgehead atoms. The van der Waals surface area contributed by atoms with Gasteiger partial charge in [0.1, 0.15) is 11.9 Å². The molecule has 0 radical (unpaired) electrons. The molecule has 172 valence electrons. The van der Waals surface area contributed by atoms with E-state index in [1.54, 1.807) is 14.1 Å². The van der Waals surface area contributed by atoms with Crippen LogP contribution in [0.25, 0.3) is 0 Å². The van der Waals surface area contributed by atoms with Crippen LogP contribution >= 0.6 is 0 Å². The van der Waals surface area contributed by atoms with E-state index >= 15 is 0 Å². The molecule has 3 aliphatic rings. The largest absolute Gasteiger partial charge is 0.347 e. The molecule has 1 saturated carbocycles. The van der Waals surface area contributed by atoms with E-state index in [1.807, 2.05) is 6.07 Å². The minimum absolute atomic E-state index is 0.178. The van der Waals surface area contributed by atoms with Gasteiger partial charge in [-0.05, 0) is 32.1 Å². The highest BCUT2D eigenvalue weighted by atomic mass is 19.3. The minimum atomic E-state index is -2.97. The molecule has 0 aromatic carbocycles. The van der Waals surface area contributed by atoms with E-state index in [4.69, 9.17) is 0 Å². The topological polar surface area (TPSA) is 90.0 Å². The summed E-state index contributed by atoms with van der Waals surface area (Å²) < 4.78 is 28.7. The lowest BCUT2D eigenvalue weighted by Gasteiger charge is -2.26. The maximum Gasteiger partial charge on any atom is 0.267 e. The molecule has 10 heteroatoms. The summed E-state index contributed by atoms with van der Waals surface area (Å²) in [7, 11) is 3.15. The van der Waals surface area contributed by atoms with Crippen molar-refractivity contribution in [3.63, 3.8) is 0 Å². The summed E-state index contributed by atoms with van der Waals surface area (Å²) in [4.78, 5) is 24.6. The van der Waals surface area contributed by atoms with Crippen molar-refractivity contribution in [1.29, 1.82) is 0 Å². The Morgan fingerprint density at radius 1 is 1.22 bits per heavy atom. The SMILES string of the molecule is CN(C)C(=O)[C@@H]1CC(F)(F)CN1c1nc2c(c(Nc3cc(C4CCCC4)[nH]n3)n1)CCC2. The number of aromatic nitrogens is 4. The summed E-state index contributed by atoms with van der Waals surface area (Å²) in [5, 5.41) is 10.8. The third-order valence-electron chi connectivity index (χ3n) is 6.81. The van der Waals surface area contributed by atoms with Crippen molar-refractivity contribution in [1.82, 2.24) is 25.1 Å². The first kappa shape index (κ1) is 21.1. The second-order valence-electron chi connectivity index (χ2n) is 9.40. The molecule has 1 atom stereocenters. The maximum atomic E-state index is 14.3. The normalized spacial score (nSPS) is 22.4. The van der Waals surface area contributed by atoms with Crippen LogP contribution in [0.3, 0.4) is 0 Å². The summed E-state index contributed by atoms with van der Waals surface area (Å²) >= 11 is 0. The summed E-state index contributed by atoms with van der Waals surface area (Å²) in [6.07, 6.45) is 6.81. The van der Waals surface area contributed by atoms with Crippen LogP contribution in [-0.2, 0) is 17.6 Å². The van der Waals surface area contributed by atoms with Crippen molar-refractivity contribution in [3.05, 3.63) is 23.0 Å². The number of carbonyl (C=O) groups excluding carboxylic acids is 1. The molecule has 1 amide bonds. The van der Waals surface area contributed by atoms with Crippen LogP contribution in [0.2, 0.25) is 0 Å². The molecule has 1 aliphatic heterocycles. The molecule has 3 heterocycles. The number of H-pyrrole nitrogens is 1. The lowest BCUT2D eigenvalue weighted by atomic mass is 10.0. The molecule has 2 aromatic heterocycles. The van der Waals surface area contributed by atoms with Crippen LogP contribution in [0.4, 0.5) is 26.4 Å². The number of hydrogen-bond donors (Lipinski definition) is 2. The highest BCUT2D eigenvalue weighted by molar-refractivity contribution is 5.85. The second-order valence-corrected chi connectivity index (χ2v) is 9.40. The van der Waals surface area contributed by atoms with Crippen molar-refractivity contribution >= 4 is 23.5 Å². The van der Waals surface area contributed by atoms with Crippen LogP contribution in [0.5, 0.6) is 0 Å². The number of halogens is 2. The van der Waals surface area contributed by atoms with Gasteiger partial charge in [-0.1, -0.05) is 12.8 Å². The average Bonchev–Trinajstić information content (AvgIpc) is 3.52. The standard InChI is InChI=1S/C22H29F2N7O/c1-30(2)20(32)17-11-22(23,24)12-31(17)21-25-15-9-5-8-14(15)19(27-21)26-18-10-16(28-29-18)13-6-3-4-7-13/h10,13,17H,3-9,11-12H2,1-2H3,(H2,25,26,27,28,29)/t17-/m0/s1. The van der Waals surface area contributed by atoms with Gasteiger partial charge in [-0.2, -0.15) is 10.1 Å². The van der Waals surface area contributed by atoms with E-state index in [1.165, 1.54) is 35.5 Å². The van der Waals surface area contributed by atoms with E-state index in [-0.39, 0.29) is 11.9 Å². The third-order valence-corrected chi connectivity index (χ3v) is 6.81. The predicted octanol–water partition coefficient (Wildman–Crippen LogP) is 3.39. The summed E-state index contributed by atoms with van der Waals surface area (Å²) in [5.74, 6) is -1.39. The van der Waals surface area contributed by atoms with Gasteiger partial charge in [0.25, 0.3) is 5.92 Å². The Morgan fingerprint density at radius 3 is 2.75 bits per heavy atom. The van der Waals surface area contributed by atoms with Crippen molar-refractivity contribution in [2.45, 2.75) is 69.2 Å². The molecule has 0 unspecified atom stereocenters. The number of aryl methyl sites for hydroxylation is 1. The van der Waals surface area contributed by atoms with Gasteiger partial charge >= 0.3 is 0 Å². The average molecular weight is 446 g/mol. The molecule has 2 fully saturated rings. The Hall–Kier alpha value is -2.78. The van der Waals surface area contributed by atoms with Gasteiger partial charge in [0.15, 0.2) is 5.82 Å². The Kier molecular flexibility index (Phi) is 5.25. The zero-order chi connectivity index (χ0) is 22.5. The van der Waals surface area contributed by atoms with Crippen molar-refractivity contribution in [2.75, 3.05) is 30.9 Å². The Bertz CT molecular complexity index is 1020. The molecule has 2 N–H and O–H groups in total. The monoisotopic (exact) mass is 445 g/mol. The van der Waals surface area contributed by atoms with E-state index < -0.39 is 24.9 Å². The maximum absolute atomic E-state index is 14.3.